The van der Waals surface area contributed by atoms with Gasteiger partial charge in [0, 0.05) is 31.7 Å². The van der Waals surface area contributed by atoms with E-state index in [1.165, 1.54) is 0 Å². The number of aryl methyl sites for hydroxylation is 1. The maximum Gasteiger partial charge on any atom is 0.295 e. The van der Waals surface area contributed by atoms with Gasteiger partial charge in [0.15, 0.2) is 0 Å². The Morgan fingerprint density at radius 1 is 0.953 bits per heavy atom. The molecule has 0 spiro atoms. The number of ether oxygens (including phenoxy) is 3. The molecule has 2 aliphatic heterocycles. The lowest BCUT2D eigenvalue weighted by Gasteiger charge is -2.29. The zero-order chi connectivity index (χ0) is 30.3. The van der Waals surface area contributed by atoms with Gasteiger partial charge in [-0.25, -0.2) is 0 Å². The summed E-state index contributed by atoms with van der Waals surface area (Å²) in [6.45, 7) is 10.9. The number of morpholine rings is 1. The van der Waals surface area contributed by atoms with Crippen molar-refractivity contribution >= 4 is 17.4 Å². The van der Waals surface area contributed by atoms with Crippen molar-refractivity contribution in [2.45, 2.75) is 33.2 Å². The van der Waals surface area contributed by atoms with Gasteiger partial charge >= 0.3 is 0 Å². The van der Waals surface area contributed by atoms with E-state index in [-0.39, 0.29) is 11.3 Å². The average Bonchev–Trinajstić information content (AvgIpc) is 3.26. The molecule has 43 heavy (non-hydrogen) atoms. The fourth-order valence-electron chi connectivity index (χ4n) is 5.49. The molecule has 0 unspecified atom stereocenters. The molecule has 3 aromatic carbocycles. The van der Waals surface area contributed by atoms with Crippen LogP contribution in [0.15, 0.2) is 78.4 Å². The second-order valence-electron chi connectivity index (χ2n) is 11.5. The molecule has 0 aliphatic carbocycles. The van der Waals surface area contributed by atoms with E-state index in [1.807, 2.05) is 61.5 Å². The number of ketones is 1. The number of Topliss-reactive ketones (excluding diaryl/α,β-unsaturated/α-hetero) is 1. The van der Waals surface area contributed by atoms with Crippen molar-refractivity contribution in [2.24, 2.45) is 5.92 Å². The van der Waals surface area contributed by atoms with Gasteiger partial charge in [0.25, 0.3) is 11.7 Å². The first kappa shape index (κ1) is 30.3. The Hall–Kier alpha value is -4.14. The molecule has 1 atom stereocenters. The van der Waals surface area contributed by atoms with Crippen LogP contribution in [0.1, 0.15) is 43.0 Å². The Morgan fingerprint density at radius 2 is 1.70 bits per heavy atom. The molecule has 2 fully saturated rings. The number of aliphatic hydroxyl groups is 1. The predicted molar refractivity (Wildman–Crippen MR) is 165 cm³/mol. The fourth-order valence-corrected chi connectivity index (χ4v) is 5.49. The molecule has 1 N–H and O–H groups in total. The summed E-state index contributed by atoms with van der Waals surface area (Å²) < 4.78 is 17.4. The zero-order valence-corrected chi connectivity index (χ0v) is 25.1. The van der Waals surface area contributed by atoms with E-state index in [9.17, 15) is 14.7 Å². The maximum absolute atomic E-state index is 13.6. The van der Waals surface area contributed by atoms with Crippen molar-refractivity contribution in [3.8, 4) is 17.2 Å². The number of nitrogens with zero attached hydrogens (tertiary/aromatic N) is 2. The van der Waals surface area contributed by atoms with Gasteiger partial charge in [-0.1, -0.05) is 44.2 Å². The van der Waals surface area contributed by atoms with E-state index in [0.29, 0.717) is 61.3 Å². The Kier molecular flexibility index (Phi) is 9.79. The lowest BCUT2D eigenvalue weighted by molar-refractivity contribution is -0.140. The first-order valence-corrected chi connectivity index (χ1v) is 15.0. The van der Waals surface area contributed by atoms with Crippen LogP contribution in [0.25, 0.3) is 5.76 Å². The number of hydrogen-bond donors (Lipinski definition) is 1. The van der Waals surface area contributed by atoms with E-state index in [0.717, 1.165) is 30.9 Å². The van der Waals surface area contributed by atoms with Crippen LogP contribution in [-0.4, -0.2) is 72.6 Å². The molecule has 2 saturated heterocycles. The number of carbonyl (C=O) groups is 2. The smallest absolute Gasteiger partial charge is 0.295 e. The minimum absolute atomic E-state index is 0.0727. The molecule has 0 bridgehead atoms. The summed E-state index contributed by atoms with van der Waals surface area (Å²) in [4.78, 5) is 31.0. The third-order valence-corrected chi connectivity index (χ3v) is 7.69. The number of amides is 1. The van der Waals surface area contributed by atoms with Crippen LogP contribution < -0.4 is 9.47 Å². The van der Waals surface area contributed by atoms with Gasteiger partial charge in [0.2, 0.25) is 0 Å². The largest absolute Gasteiger partial charge is 0.507 e. The molecule has 3 aromatic rings. The van der Waals surface area contributed by atoms with Gasteiger partial charge in [-0.05, 0) is 72.9 Å². The standard InChI is InChI=1S/C35H40N2O6/c1-24(2)23-42-30-14-13-27(21-25(30)3)33(38)31-32(26-9-7-12-29(22-26)43-28-10-5-4-6-11-28)37(35(40)34(31)39)16-8-15-36-17-19-41-20-18-36/h4-7,9-14,21-22,24,32,38H,8,15-20,23H2,1-3H3/t32-/m0/s1. The van der Waals surface area contributed by atoms with Crippen molar-refractivity contribution in [3.05, 3.63) is 95.1 Å². The molecular weight excluding hydrogens is 544 g/mol. The summed E-state index contributed by atoms with van der Waals surface area (Å²) in [5, 5.41) is 11.6. The number of likely N-dealkylation sites (tertiary alicyclic amines) is 1. The van der Waals surface area contributed by atoms with Crippen molar-refractivity contribution in [2.75, 3.05) is 46.0 Å². The highest BCUT2D eigenvalue weighted by Gasteiger charge is 2.46. The third kappa shape index (κ3) is 7.27. The molecule has 2 aliphatic rings. The van der Waals surface area contributed by atoms with E-state index in [2.05, 4.69) is 18.7 Å². The third-order valence-electron chi connectivity index (χ3n) is 7.69. The Balaban J connectivity index is 1.49. The number of hydrogen-bond acceptors (Lipinski definition) is 7. The van der Waals surface area contributed by atoms with Crippen LogP contribution >= 0.6 is 0 Å². The van der Waals surface area contributed by atoms with Crippen LogP contribution in [0.5, 0.6) is 17.2 Å². The minimum Gasteiger partial charge on any atom is -0.507 e. The molecule has 0 radical (unpaired) electrons. The highest BCUT2D eigenvalue weighted by atomic mass is 16.5. The van der Waals surface area contributed by atoms with Gasteiger partial charge in [-0.3, -0.25) is 14.5 Å². The SMILES string of the molecule is Cc1cc(C(O)=C2C(=O)C(=O)N(CCCN3CCOCC3)[C@H]2c2cccc(Oc3ccccc3)c2)ccc1OCC(C)C. The van der Waals surface area contributed by atoms with Gasteiger partial charge in [0.1, 0.15) is 23.0 Å². The topological polar surface area (TPSA) is 88.5 Å². The monoisotopic (exact) mass is 584 g/mol. The van der Waals surface area contributed by atoms with Crippen LogP contribution in [0.2, 0.25) is 0 Å². The molecule has 8 heteroatoms. The summed E-state index contributed by atoms with van der Waals surface area (Å²) in [5.41, 5.74) is 2.05. The Bertz CT molecular complexity index is 1460. The first-order valence-electron chi connectivity index (χ1n) is 15.0. The summed E-state index contributed by atoms with van der Waals surface area (Å²) in [6.07, 6.45) is 0.685. The summed E-state index contributed by atoms with van der Waals surface area (Å²) >= 11 is 0. The molecular formula is C35H40N2O6. The summed E-state index contributed by atoms with van der Waals surface area (Å²) in [6, 6.07) is 21.4. The van der Waals surface area contributed by atoms with E-state index in [1.54, 1.807) is 23.1 Å². The first-order chi connectivity index (χ1) is 20.8. The highest BCUT2D eigenvalue weighted by Crippen LogP contribution is 2.41. The van der Waals surface area contributed by atoms with Gasteiger partial charge in [-0.2, -0.15) is 0 Å². The second kappa shape index (κ2) is 13.9. The van der Waals surface area contributed by atoms with Crippen LogP contribution in [0, 0.1) is 12.8 Å². The van der Waals surface area contributed by atoms with Crippen molar-refractivity contribution in [1.29, 1.82) is 0 Å². The normalized spacial score (nSPS) is 18.8. The maximum atomic E-state index is 13.6. The molecule has 2 heterocycles. The summed E-state index contributed by atoms with van der Waals surface area (Å²) in [7, 11) is 0. The van der Waals surface area contributed by atoms with Gasteiger partial charge < -0.3 is 24.2 Å². The van der Waals surface area contributed by atoms with Gasteiger partial charge in [0.05, 0.1) is 31.4 Å². The number of aliphatic hydroxyl groups excluding tert-OH is 1. The molecule has 1 amide bonds. The van der Waals surface area contributed by atoms with Gasteiger partial charge in [-0.15, -0.1) is 0 Å². The molecule has 226 valence electrons. The van der Waals surface area contributed by atoms with Crippen molar-refractivity contribution in [1.82, 2.24) is 9.80 Å². The zero-order valence-electron chi connectivity index (χ0n) is 25.1. The van der Waals surface area contributed by atoms with E-state index < -0.39 is 17.7 Å². The van der Waals surface area contributed by atoms with Crippen molar-refractivity contribution in [3.63, 3.8) is 0 Å². The van der Waals surface area contributed by atoms with Crippen LogP contribution in [0.3, 0.4) is 0 Å². The molecule has 5 rings (SSSR count). The molecule has 0 saturated carbocycles. The Labute approximate surface area is 253 Å². The molecule has 0 aromatic heterocycles. The van der Waals surface area contributed by atoms with E-state index >= 15 is 0 Å². The predicted octanol–water partition coefficient (Wildman–Crippen LogP) is 5.97. The fraction of sp³-hybridized carbons (Fsp3) is 0.371. The number of carbonyl (C=O) groups excluding carboxylic acids is 2. The van der Waals surface area contributed by atoms with E-state index in [4.69, 9.17) is 14.2 Å². The lowest BCUT2D eigenvalue weighted by atomic mass is 9.94. The van der Waals surface area contributed by atoms with Crippen molar-refractivity contribution < 1.29 is 28.9 Å². The second-order valence-corrected chi connectivity index (χ2v) is 11.5. The number of rotatable bonds is 11. The van der Waals surface area contributed by atoms with Crippen LogP contribution in [0.4, 0.5) is 0 Å². The lowest BCUT2D eigenvalue weighted by Crippen LogP contribution is -2.38. The summed E-state index contributed by atoms with van der Waals surface area (Å²) in [5.74, 6) is 0.827. The number of para-hydroxylation sites is 1. The molecule has 8 nitrogen and oxygen atoms in total. The quantitative estimate of drug-likeness (QED) is 0.169. The average molecular weight is 585 g/mol. The highest BCUT2D eigenvalue weighted by molar-refractivity contribution is 6.46. The van der Waals surface area contributed by atoms with Crippen LogP contribution in [-0.2, 0) is 14.3 Å². The Morgan fingerprint density at radius 3 is 2.42 bits per heavy atom. The minimum atomic E-state index is -0.763. The number of benzene rings is 3.